The highest BCUT2D eigenvalue weighted by Crippen LogP contribution is 2.23. The van der Waals surface area contributed by atoms with E-state index in [1.807, 2.05) is 18.2 Å². The van der Waals surface area contributed by atoms with Crippen LogP contribution in [0.4, 0.5) is 19.3 Å². The standard InChI is InChI=1S/C26H20F2N2O2/c27-22-10-6-18(7-11-22)14-20-16-30(26(32)29-24-4-2-1-3-5-24)17-21(25(20)31)15-19-8-12-23(28)13-9-19/h1-15H,16-17H2,(H,29,32)/b20-14+,21-15+. The van der Waals surface area contributed by atoms with E-state index in [0.29, 0.717) is 28.0 Å². The predicted octanol–water partition coefficient (Wildman–Crippen LogP) is 5.55. The molecule has 2 amide bonds. The zero-order valence-corrected chi connectivity index (χ0v) is 17.1. The normalized spacial score (nSPS) is 16.4. The third-order valence-corrected chi connectivity index (χ3v) is 5.04. The smallest absolute Gasteiger partial charge is 0.316 e. The lowest BCUT2D eigenvalue weighted by atomic mass is 9.94. The molecule has 0 bridgehead atoms. The van der Waals surface area contributed by atoms with E-state index in [9.17, 15) is 18.4 Å². The van der Waals surface area contributed by atoms with Gasteiger partial charge in [0.25, 0.3) is 0 Å². The van der Waals surface area contributed by atoms with Gasteiger partial charge in [-0.2, -0.15) is 0 Å². The highest BCUT2D eigenvalue weighted by molar-refractivity contribution is 6.15. The van der Waals surface area contributed by atoms with Gasteiger partial charge in [0.1, 0.15) is 11.6 Å². The fourth-order valence-electron chi connectivity index (χ4n) is 3.43. The van der Waals surface area contributed by atoms with E-state index in [4.69, 9.17) is 0 Å². The molecule has 1 N–H and O–H groups in total. The van der Waals surface area contributed by atoms with Crippen molar-refractivity contribution in [2.45, 2.75) is 0 Å². The Bertz CT molecular complexity index is 1120. The van der Waals surface area contributed by atoms with Crippen molar-refractivity contribution in [2.24, 2.45) is 0 Å². The number of rotatable bonds is 3. The Morgan fingerprint density at radius 3 is 1.69 bits per heavy atom. The second kappa shape index (κ2) is 9.39. The van der Waals surface area contributed by atoms with Gasteiger partial charge in [0.2, 0.25) is 0 Å². The Morgan fingerprint density at radius 2 is 1.22 bits per heavy atom. The van der Waals surface area contributed by atoms with Crippen LogP contribution in [-0.2, 0) is 4.79 Å². The molecule has 0 unspecified atom stereocenters. The van der Waals surface area contributed by atoms with Gasteiger partial charge in [-0.3, -0.25) is 4.79 Å². The fourth-order valence-corrected chi connectivity index (χ4v) is 3.43. The molecule has 4 nitrogen and oxygen atoms in total. The molecule has 1 aliphatic heterocycles. The first-order chi connectivity index (χ1) is 15.5. The minimum absolute atomic E-state index is 0.107. The quantitative estimate of drug-likeness (QED) is 0.554. The van der Waals surface area contributed by atoms with Crippen LogP contribution in [0, 0.1) is 11.6 Å². The summed E-state index contributed by atoms with van der Waals surface area (Å²) in [5.74, 6) is -0.951. The van der Waals surface area contributed by atoms with Gasteiger partial charge in [0.05, 0.1) is 13.1 Å². The van der Waals surface area contributed by atoms with Gasteiger partial charge in [-0.25, -0.2) is 13.6 Å². The Kier molecular flexibility index (Phi) is 6.22. The number of carbonyl (C=O) groups is 2. The molecule has 1 saturated heterocycles. The van der Waals surface area contributed by atoms with Crippen LogP contribution in [0.3, 0.4) is 0 Å². The molecule has 0 aromatic heterocycles. The summed E-state index contributed by atoms with van der Waals surface area (Å²) in [5.41, 5.74) is 2.75. The number of urea groups is 1. The van der Waals surface area contributed by atoms with Gasteiger partial charge in [-0.1, -0.05) is 42.5 Å². The average molecular weight is 430 g/mol. The summed E-state index contributed by atoms with van der Waals surface area (Å²) in [5, 5.41) is 2.83. The lowest BCUT2D eigenvalue weighted by Gasteiger charge is -2.30. The van der Waals surface area contributed by atoms with Gasteiger partial charge in [0.15, 0.2) is 5.78 Å². The maximum Gasteiger partial charge on any atom is 0.322 e. The molecule has 3 aromatic rings. The minimum atomic E-state index is -0.372. The summed E-state index contributed by atoms with van der Waals surface area (Å²) < 4.78 is 26.5. The summed E-state index contributed by atoms with van der Waals surface area (Å²) in [6, 6.07) is 20.2. The van der Waals surface area contributed by atoms with Crippen molar-refractivity contribution in [2.75, 3.05) is 18.4 Å². The molecule has 0 spiro atoms. The first kappa shape index (κ1) is 21.2. The summed E-state index contributed by atoms with van der Waals surface area (Å²) in [6.45, 7) is 0.214. The highest BCUT2D eigenvalue weighted by atomic mass is 19.1. The largest absolute Gasteiger partial charge is 0.322 e. The van der Waals surface area contributed by atoms with Crippen molar-refractivity contribution >= 4 is 29.7 Å². The van der Waals surface area contributed by atoms with Gasteiger partial charge < -0.3 is 10.2 Å². The highest BCUT2D eigenvalue weighted by Gasteiger charge is 2.29. The minimum Gasteiger partial charge on any atom is -0.316 e. The average Bonchev–Trinajstić information content (AvgIpc) is 2.80. The van der Waals surface area contributed by atoms with Crippen LogP contribution < -0.4 is 5.32 Å². The molecular formula is C26H20F2N2O2. The number of benzene rings is 3. The molecule has 0 aliphatic carbocycles. The summed E-state index contributed by atoms with van der Waals surface area (Å²) in [6.07, 6.45) is 3.31. The van der Waals surface area contributed by atoms with E-state index in [2.05, 4.69) is 5.32 Å². The van der Waals surface area contributed by atoms with Crippen LogP contribution in [0.5, 0.6) is 0 Å². The van der Waals surface area contributed by atoms with Crippen molar-refractivity contribution in [1.82, 2.24) is 4.90 Å². The first-order valence-electron chi connectivity index (χ1n) is 10.1. The number of amides is 2. The van der Waals surface area contributed by atoms with E-state index in [-0.39, 0.29) is 36.5 Å². The number of Topliss-reactive ketones (excluding diaryl/α,β-unsaturated/α-hetero) is 1. The van der Waals surface area contributed by atoms with Gasteiger partial charge in [0, 0.05) is 16.8 Å². The molecule has 1 aliphatic rings. The molecule has 160 valence electrons. The van der Waals surface area contributed by atoms with Crippen LogP contribution in [0.25, 0.3) is 12.2 Å². The summed E-state index contributed by atoms with van der Waals surface area (Å²) in [4.78, 5) is 27.6. The third kappa shape index (κ3) is 5.16. The molecular weight excluding hydrogens is 410 g/mol. The van der Waals surface area contributed by atoms with E-state index in [1.54, 1.807) is 48.6 Å². The maximum absolute atomic E-state index is 13.3. The number of nitrogens with zero attached hydrogens (tertiary/aromatic N) is 1. The number of ketones is 1. The maximum atomic E-state index is 13.3. The molecule has 0 atom stereocenters. The molecule has 4 rings (SSSR count). The van der Waals surface area contributed by atoms with Crippen LogP contribution in [0.15, 0.2) is 90.0 Å². The van der Waals surface area contributed by atoms with E-state index >= 15 is 0 Å². The van der Waals surface area contributed by atoms with Crippen molar-refractivity contribution < 1.29 is 18.4 Å². The molecule has 1 heterocycles. The van der Waals surface area contributed by atoms with Crippen LogP contribution in [-0.4, -0.2) is 29.8 Å². The number of carbonyl (C=O) groups excluding carboxylic acids is 2. The lowest BCUT2D eigenvalue weighted by molar-refractivity contribution is -0.113. The monoisotopic (exact) mass is 430 g/mol. The molecule has 0 saturated carbocycles. The van der Waals surface area contributed by atoms with E-state index < -0.39 is 0 Å². The van der Waals surface area contributed by atoms with Crippen LogP contribution in [0.1, 0.15) is 11.1 Å². The second-order valence-corrected chi connectivity index (χ2v) is 7.42. The van der Waals surface area contributed by atoms with Gasteiger partial charge in [-0.15, -0.1) is 0 Å². The van der Waals surface area contributed by atoms with Crippen molar-refractivity contribution in [3.05, 3.63) is 113 Å². The molecule has 0 radical (unpaired) electrons. The van der Waals surface area contributed by atoms with Crippen molar-refractivity contribution in [3.63, 3.8) is 0 Å². The number of likely N-dealkylation sites (tertiary alicyclic amines) is 1. The molecule has 6 heteroatoms. The van der Waals surface area contributed by atoms with E-state index in [1.165, 1.54) is 29.2 Å². The van der Waals surface area contributed by atoms with Crippen molar-refractivity contribution in [3.8, 4) is 0 Å². The number of piperidine rings is 1. The molecule has 1 fully saturated rings. The number of nitrogens with one attached hydrogen (secondary N) is 1. The van der Waals surface area contributed by atoms with Gasteiger partial charge >= 0.3 is 6.03 Å². The lowest BCUT2D eigenvalue weighted by Crippen LogP contribution is -2.43. The number of hydrogen-bond acceptors (Lipinski definition) is 2. The SMILES string of the molecule is O=C1/C(=C/c2ccc(F)cc2)CN(C(=O)Nc2ccccc2)C/C1=C\c1ccc(F)cc1. The summed E-state index contributed by atoms with van der Waals surface area (Å²) >= 11 is 0. The number of halogens is 2. The number of hydrogen-bond donors (Lipinski definition) is 1. The zero-order chi connectivity index (χ0) is 22.5. The molecule has 3 aromatic carbocycles. The Hall–Kier alpha value is -4.06. The van der Waals surface area contributed by atoms with E-state index in [0.717, 1.165) is 0 Å². The fraction of sp³-hybridized carbons (Fsp3) is 0.0769. The number of anilines is 1. The summed E-state index contributed by atoms with van der Waals surface area (Å²) in [7, 11) is 0. The number of para-hydroxylation sites is 1. The van der Waals surface area contributed by atoms with Crippen molar-refractivity contribution in [1.29, 1.82) is 0 Å². The zero-order valence-electron chi connectivity index (χ0n) is 17.1. The van der Waals surface area contributed by atoms with Gasteiger partial charge in [-0.05, 0) is 59.7 Å². The Morgan fingerprint density at radius 1 is 0.750 bits per heavy atom. The first-order valence-corrected chi connectivity index (χ1v) is 10.1. The third-order valence-electron chi connectivity index (χ3n) is 5.04. The topological polar surface area (TPSA) is 49.4 Å². The molecule has 32 heavy (non-hydrogen) atoms. The van der Waals surface area contributed by atoms with Crippen LogP contribution in [0.2, 0.25) is 0 Å². The Labute approximate surface area is 184 Å². The second-order valence-electron chi connectivity index (χ2n) is 7.42. The Balaban J connectivity index is 1.66. The predicted molar refractivity (Wildman–Crippen MR) is 121 cm³/mol. The van der Waals surface area contributed by atoms with Crippen LogP contribution >= 0.6 is 0 Å².